The number of nitrogens with zero attached hydrogens (tertiary/aromatic N) is 3. The van der Waals surface area contributed by atoms with Crippen molar-refractivity contribution in [3.63, 3.8) is 0 Å². The van der Waals surface area contributed by atoms with Crippen molar-refractivity contribution in [3.8, 4) is 0 Å². The molecule has 0 spiro atoms. The molecule has 30 heavy (non-hydrogen) atoms. The number of amides is 1. The fourth-order valence-electron chi connectivity index (χ4n) is 3.78. The fourth-order valence-corrected chi connectivity index (χ4v) is 4.07. The van der Waals surface area contributed by atoms with Gasteiger partial charge in [0.05, 0.1) is 32.5 Å². The summed E-state index contributed by atoms with van der Waals surface area (Å²) < 4.78 is 0. The number of fused-ring (bicyclic) bond motifs is 1. The molecule has 7 heteroatoms. The highest BCUT2D eigenvalue weighted by Crippen LogP contribution is 2.27. The number of carbonyl (C=O) groups excluding carboxylic acids is 2. The molecule has 3 aromatic rings. The van der Waals surface area contributed by atoms with Gasteiger partial charge < -0.3 is 4.90 Å². The van der Waals surface area contributed by atoms with E-state index in [4.69, 9.17) is 23.2 Å². The lowest BCUT2D eigenvalue weighted by Gasteiger charge is -2.31. The summed E-state index contributed by atoms with van der Waals surface area (Å²) in [6, 6.07) is 10.4. The van der Waals surface area contributed by atoms with E-state index in [2.05, 4.69) is 9.97 Å². The molecule has 0 N–H and O–H groups in total. The van der Waals surface area contributed by atoms with E-state index in [9.17, 15) is 9.59 Å². The lowest BCUT2D eigenvalue weighted by Crippen LogP contribution is -2.40. The van der Waals surface area contributed by atoms with E-state index < -0.39 is 0 Å². The SMILES string of the molecule is Cc1nc2ccc(C(=O)N3CCC(C(=O)c4ccc(Cl)c(Cl)c4)CC3)cc2nc1C. The van der Waals surface area contributed by atoms with Crippen molar-refractivity contribution in [3.05, 3.63) is 69.0 Å². The maximum absolute atomic E-state index is 13.0. The summed E-state index contributed by atoms with van der Waals surface area (Å²) in [6.07, 6.45) is 1.24. The van der Waals surface area contributed by atoms with Gasteiger partial charge in [-0.3, -0.25) is 9.59 Å². The summed E-state index contributed by atoms with van der Waals surface area (Å²) in [4.78, 5) is 36.6. The van der Waals surface area contributed by atoms with E-state index >= 15 is 0 Å². The number of ketones is 1. The molecular formula is C23H21Cl2N3O2. The summed E-state index contributed by atoms with van der Waals surface area (Å²) in [7, 11) is 0. The lowest BCUT2D eigenvalue weighted by atomic mass is 9.88. The zero-order chi connectivity index (χ0) is 21.4. The minimum Gasteiger partial charge on any atom is -0.339 e. The number of halogens is 2. The molecule has 2 heterocycles. The average Bonchev–Trinajstić information content (AvgIpc) is 2.75. The Kier molecular flexibility index (Phi) is 5.76. The third-order valence-corrected chi connectivity index (χ3v) is 6.42. The van der Waals surface area contributed by atoms with Crippen LogP contribution in [-0.4, -0.2) is 39.6 Å². The van der Waals surface area contributed by atoms with Crippen molar-refractivity contribution in [2.75, 3.05) is 13.1 Å². The van der Waals surface area contributed by atoms with Crippen LogP contribution in [0, 0.1) is 19.8 Å². The molecule has 0 saturated carbocycles. The van der Waals surface area contributed by atoms with Gasteiger partial charge in [-0.2, -0.15) is 0 Å². The highest BCUT2D eigenvalue weighted by molar-refractivity contribution is 6.42. The predicted molar refractivity (Wildman–Crippen MR) is 118 cm³/mol. The van der Waals surface area contributed by atoms with Gasteiger partial charge in [-0.25, -0.2) is 9.97 Å². The standard InChI is InChI=1S/C23H21Cl2N3O2/c1-13-14(2)27-21-12-17(4-6-20(21)26-13)23(30)28-9-7-15(8-10-28)22(29)16-3-5-18(24)19(25)11-16/h3-6,11-12,15H,7-10H2,1-2H3. The monoisotopic (exact) mass is 441 g/mol. The number of benzene rings is 2. The summed E-state index contributed by atoms with van der Waals surface area (Å²) in [5.74, 6) is -0.121. The summed E-state index contributed by atoms with van der Waals surface area (Å²) in [5.41, 5.74) is 4.39. The van der Waals surface area contributed by atoms with Gasteiger partial charge >= 0.3 is 0 Å². The predicted octanol–water partition coefficient (Wildman–Crippen LogP) is 5.29. The molecule has 0 aliphatic carbocycles. The number of likely N-dealkylation sites (tertiary alicyclic amines) is 1. The highest BCUT2D eigenvalue weighted by Gasteiger charge is 2.28. The van der Waals surface area contributed by atoms with Crippen LogP contribution in [0.1, 0.15) is 44.9 Å². The Morgan fingerprint density at radius 3 is 2.17 bits per heavy atom. The molecule has 0 atom stereocenters. The molecule has 2 aromatic carbocycles. The van der Waals surface area contributed by atoms with Gasteiger partial charge in [-0.15, -0.1) is 0 Å². The second-order valence-electron chi connectivity index (χ2n) is 7.66. The Hall–Kier alpha value is -2.50. The number of hydrogen-bond acceptors (Lipinski definition) is 4. The van der Waals surface area contributed by atoms with Crippen LogP contribution < -0.4 is 0 Å². The van der Waals surface area contributed by atoms with Crippen LogP contribution in [0.4, 0.5) is 0 Å². The maximum Gasteiger partial charge on any atom is 0.253 e. The Labute approximate surface area is 185 Å². The highest BCUT2D eigenvalue weighted by atomic mass is 35.5. The second kappa shape index (κ2) is 8.32. The van der Waals surface area contributed by atoms with Crippen LogP contribution in [0.2, 0.25) is 10.0 Å². The molecule has 1 aliphatic heterocycles. The van der Waals surface area contributed by atoms with Gasteiger partial charge in [-0.05, 0) is 63.1 Å². The van der Waals surface area contributed by atoms with Gasteiger partial charge in [0.15, 0.2) is 5.78 Å². The zero-order valence-corrected chi connectivity index (χ0v) is 18.3. The third-order valence-electron chi connectivity index (χ3n) is 5.68. The van der Waals surface area contributed by atoms with Crippen molar-refractivity contribution in [1.82, 2.24) is 14.9 Å². The molecule has 1 aromatic heterocycles. The van der Waals surface area contributed by atoms with Gasteiger partial charge in [0.2, 0.25) is 0 Å². The second-order valence-corrected chi connectivity index (χ2v) is 8.47. The third kappa shape index (κ3) is 4.05. The number of piperidine rings is 1. The molecule has 0 bridgehead atoms. The van der Waals surface area contributed by atoms with Crippen molar-refractivity contribution in [2.45, 2.75) is 26.7 Å². The van der Waals surface area contributed by atoms with Crippen LogP contribution in [0.3, 0.4) is 0 Å². The van der Waals surface area contributed by atoms with E-state index in [0.29, 0.717) is 52.6 Å². The van der Waals surface area contributed by atoms with Gasteiger partial charge in [-0.1, -0.05) is 23.2 Å². The Bertz CT molecular complexity index is 1150. The van der Waals surface area contributed by atoms with Crippen LogP contribution in [0.15, 0.2) is 36.4 Å². The minimum atomic E-state index is -0.126. The maximum atomic E-state index is 13.0. The van der Waals surface area contributed by atoms with Crippen molar-refractivity contribution in [2.24, 2.45) is 5.92 Å². The summed E-state index contributed by atoms with van der Waals surface area (Å²) in [6.45, 7) is 4.90. The van der Waals surface area contributed by atoms with Gasteiger partial charge in [0.25, 0.3) is 5.91 Å². The largest absolute Gasteiger partial charge is 0.339 e. The molecule has 1 amide bonds. The van der Waals surface area contributed by atoms with Crippen molar-refractivity contribution >= 4 is 45.9 Å². The van der Waals surface area contributed by atoms with Crippen LogP contribution >= 0.6 is 23.2 Å². The molecule has 1 saturated heterocycles. The Morgan fingerprint density at radius 2 is 1.50 bits per heavy atom. The fraction of sp³-hybridized carbons (Fsp3) is 0.304. The van der Waals surface area contributed by atoms with E-state index in [-0.39, 0.29) is 17.6 Å². The smallest absolute Gasteiger partial charge is 0.253 e. The summed E-state index contributed by atoms with van der Waals surface area (Å²) in [5, 5.41) is 0.805. The number of hydrogen-bond donors (Lipinski definition) is 0. The molecule has 0 radical (unpaired) electrons. The van der Waals surface area contributed by atoms with Gasteiger partial charge in [0.1, 0.15) is 0 Å². The number of Topliss-reactive ketones (excluding diaryl/α,β-unsaturated/α-hetero) is 1. The lowest BCUT2D eigenvalue weighted by molar-refractivity contribution is 0.0650. The summed E-state index contributed by atoms with van der Waals surface area (Å²) >= 11 is 12.0. The number of rotatable bonds is 3. The number of aryl methyl sites for hydroxylation is 2. The Balaban J connectivity index is 1.45. The van der Waals surface area contributed by atoms with Crippen LogP contribution in [-0.2, 0) is 0 Å². The van der Waals surface area contributed by atoms with Crippen molar-refractivity contribution < 1.29 is 9.59 Å². The molecule has 0 unspecified atom stereocenters. The van der Waals surface area contributed by atoms with E-state index in [1.54, 1.807) is 35.2 Å². The first-order valence-electron chi connectivity index (χ1n) is 9.87. The molecule has 4 rings (SSSR count). The number of aromatic nitrogens is 2. The normalized spacial score (nSPS) is 14.9. The molecule has 1 fully saturated rings. The first kappa shape index (κ1) is 20.8. The van der Waals surface area contributed by atoms with E-state index in [0.717, 1.165) is 16.9 Å². The molecular weight excluding hydrogens is 421 g/mol. The minimum absolute atomic E-state index is 0.0441. The van der Waals surface area contributed by atoms with Crippen LogP contribution in [0.25, 0.3) is 11.0 Å². The first-order chi connectivity index (χ1) is 14.3. The van der Waals surface area contributed by atoms with Crippen LogP contribution in [0.5, 0.6) is 0 Å². The van der Waals surface area contributed by atoms with Gasteiger partial charge in [0, 0.05) is 30.1 Å². The first-order valence-corrected chi connectivity index (χ1v) is 10.6. The van der Waals surface area contributed by atoms with E-state index in [1.807, 2.05) is 19.9 Å². The molecule has 5 nitrogen and oxygen atoms in total. The van der Waals surface area contributed by atoms with E-state index in [1.165, 1.54) is 0 Å². The molecule has 154 valence electrons. The molecule has 1 aliphatic rings. The average molecular weight is 442 g/mol. The number of carbonyl (C=O) groups is 2. The van der Waals surface area contributed by atoms with Crippen molar-refractivity contribution in [1.29, 1.82) is 0 Å². The zero-order valence-electron chi connectivity index (χ0n) is 16.8. The Morgan fingerprint density at radius 1 is 0.867 bits per heavy atom. The quantitative estimate of drug-likeness (QED) is 0.518. The topological polar surface area (TPSA) is 63.2 Å².